The van der Waals surface area contributed by atoms with Gasteiger partial charge in [0.1, 0.15) is 0 Å². The van der Waals surface area contributed by atoms with Crippen molar-refractivity contribution in [1.82, 2.24) is 35.5 Å². The zero-order chi connectivity index (χ0) is 21.5. The molecule has 0 saturated carbocycles. The lowest BCUT2D eigenvalue weighted by atomic mass is 9.98. The molecule has 0 aliphatic rings. The zero-order valence-electron chi connectivity index (χ0n) is 17.6. The topological polar surface area (TPSA) is 107 Å². The molecule has 0 bridgehead atoms. The van der Waals surface area contributed by atoms with Gasteiger partial charge in [-0.3, -0.25) is 4.90 Å². The van der Waals surface area contributed by atoms with Gasteiger partial charge in [0.15, 0.2) is 0 Å². The van der Waals surface area contributed by atoms with Crippen LogP contribution in [0.1, 0.15) is 24.6 Å². The highest BCUT2D eigenvalue weighted by Gasteiger charge is 2.19. The Morgan fingerprint density at radius 1 is 1.06 bits per heavy atom. The van der Waals surface area contributed by atoms with Crippen LogP contribution < -0.4 is 0 Å². The third kappa shape index (κ3) is 5.04. The molecule has 0 aliphatic heterocycles. The van der Waals surface area contributed by atoms with Crippen LogP contribution in [0.2, 0.25) is 0 Å². The Morgan fingerprint density at radius 3 is 2.52 bits per heavy atom. The Kier molecular flexibility index (Phi) is 6.81. The number of nitrogens with one attached hydrogen (secondary N) is 2. The molecule has 0 spiro atoms. The van der Waals surface area contributed by atoms with Crippen LogP contribution >= 0.6 is 0 Å². The van der Waals surface area contributed by atoms with Crippen molar-refractivity contribution < 1.29 is 5.11 Å². The second-order valence-electron chi connectivity index (χ2n) is 7.57. The van der Waals surface area contributed by atoms with Gasteiger partial charge in [-0.1, -0.05) is 55.5 Å². The largest absolute Gasteiger partial charge is 0.395 e. The summed E-state index contributed by atoms with van der Waals surface area (Å²) >= 11 is 0. The first-order chi connectivity index (χ1) is 15.3. The van der Waals surface area contributed by atoms with E-state index in [2.05, 4.69) is 72.7 Å². The number of aromatic amines is 2. The van der Waals surface area contributed by atoms with Crippen LogP contribution in [0.5, 0.6) is 0 Å². The average molecular weight is 418 g/mol. The van der Waals surface area contributed by atoms with E-state index in [-0.39, 0.29) is 12.6 Å². The van der Waals surface area contributed by atoms with Crippen LogP contribution in [-0.2, 0) is 13.0 Å². The van der Waals surface area contributed by atoms with Crippen LogP contribution in [0, 0.1) is 0 Å². The van der Waals surface area contributed by atoms with Gasteiger partial charge < -0.3 is 10.1 Å². The van der Waals surface area contributed by atoms with E-state index in [9.17, 15) is 5.11 Å². The molecule has 1 atom stereocenters. The fourth-order valence-electron chi connectivity index (χ4n) is 3.87. The smallest absolute Gasteiger partial charge is 0.205 e. The normalized spacial score (nSPS) is 12.4. The van der Waals surface area contributed by atoms with Crippen molar-refractivity contribution in [3.63, 3.8) is 0 Å². The minimum Gasteiger partial charge on any atom is -0.395 e. The van der Waals surface area contributed by atoms with Gasteiger partial charge >= 0.3 is 0 Å². The average Bonchev–Trinajstić information content (AvgIpc) is 3.52. The van der Waals surface area contributed by atoms with E-state index >= 15 is 0 Å². The molecular formula is C23H27N7O. The van der Waals surface area contributed by atoms with Crippen molar-refractivity contribution in [2.45, 2.75) is 32.4 Å². The lowest BCUT2D eigenvalue weighted by Gasteiger charge is -2.30. The van der Waals surface area contributed by atoms with Crippen molar-refractivity contribution in [2.24, 2.45) is 0 Å². The molecule has 0 unspecified atom stereocenters. The van der Waals surface area contributed by atoms with Crippen LogP contribution in [0.15, 0.2) is 61.1 Å². The summed E-state index contributed by atoms with van der Waals surface area (Å²) in [7, 11) is 0. The molecule has 2 heterocycles. The number of imidazole rings is 1. The zero-order valence-corrected chi connectivity index (χ0v) is 17.6. The highest BCUT2D eigenvalue weighted by molar-refractivity contribution is 5.80. The summed E-state index contributed by atoms with van der Waals surface area (Å²) in [6.07, 6.45) is 5.27. The summed E-state index contributed by atoms with van der Waals surface area (Å²) in [4.78, 5) is 9.57. The summed E-state index contributed by atoms with van der Waals surface area (Å²) in [6.45, 7) is 3.96. The highest BCUT2D eigenvalue weighted by atomic mass is 16.3. The molecule has 3 N–H and O–H groups in total. The monoisotopic (exact) mass is 417 g/mol. The van der Waals surface area contributed by atoms with Gasteiger partial charge in [-0.15, -0.1) is 10.2 Å². The van der Waals surface area contributed by atoms with Gasteiger partial charge in [0.25, 0.3) is 0 Å². The fourth-order valence-corrected chi connectivity index (χ4v) is 3.87. The highest BCUT2D eigenvalue weighted by Crippen LogP contribution is 2.30. The second-order valence-corrected chi connectivity index (χ2v) is 7.57. The minimum absolute atomic E-state index is 0.0408. The molecule has 160 valence electrons. The van der Waals surface area contributed by atoms with Gasteiger partial charge in [-0.2, -0.15) is 5.21 Å². The molecule has 31 heavy (non-hydrogen) atoms. The second kappa shape index (κ2) is 10.1. The standard InChI is InChI=1S/C23H27N7O/c1-2-11-30(20(15-31)12-19-13-24-16-25-19)14-17-7-9-18(10-8-17)21-5-3-4-6-22(21)23-26-28-29-27-23/h3-10,13,16,20,31H,2,11-12,14-15H2,1H3,(H,24,25)(H,26,27,28,29)/t20-/m0/s1. The van der Waals surface area contributed by atoms with Gasteiger partial charge in [0.05, 0.1) is 12.9 Å². The summed E-state index contributed by atoms with van der Waals surface area (Å²) in [5, 5.41) is 24.5. The number of tetrazole rings is 1. The molecule has 0 fully saturated rings. The first-order valence-electron chi connectivity index (χ1n) is 10.5. The predicted molar refractivity (Wildman–Crippen MR) is 119 cm³/mol. The van der Waals surface area contributed by atoms with Crippen molar-refractivity contribution in [2.75, 3.05) is 13.2 Å². The molecule has 4 rings (SSSR count). The van der Waals surface area contributed by atoms with E-state index in [0.29, 0.717) is 5.82 Å². The first kappa shape index (κ1) is 20.9. The molecule has 8 nitrogen and oxygen atoms in total. The summed E-state index contributed by atoms with van der Waals surface area (Å²) in [6, 6.07) is 16.6. The lowest BCUT2D eigenvalue weighted by Crippen LogP contribution is -2.39. The summed E-state index contributed by atoms with van der Waals surface area (Å²) in [5.74, 6) is 0.582. The maximum atomic E-state index is 10.0. The molecule has 2 aromatic heterocycles. The number of hydrogen-bond donors (Lipinski definition) is 3. The van der Waals surface area contributed by atoms with Gasteiger partial charge in [0.2, 0.25) is 5.82 Å². The van der Waals surface area contributed by atoms with E-state index in [0.717, 1.165) is 48.3 Å². The summed E-state index contributed by atoms with van der Waals surface area (Å²) in [5.41, 5.74) is 5.35. The molecule has 4 aromatic rings. The van der Waals surface area contributed by atoms with Gasteiger partial charge in [-0.25, -0.2) is 4.98 Å². The number of benzene rings is 2. The fraction of sp³-hybridized carbons (Fsp3) is 0.304. The summed E-state index contributed by atoms with van der Waals surface area (Å²) < 4.78 is 0. The van der Waals surface area contributed by atoms with E-state index in [1.165, 1.54) is 5.56 Å². The Morgan fingerprint density at radius 2 is 1.87 bits per heavy atom. The van der Waals surface area contributed by atoms with E-state index < -0.39 is 0 Å². The molecular weight excluding hydrogens is 390 g/mol. The number of aliphatic hydroxyl groups is 1. The van der Waals surface area contributed by atoms with Gasteiger partial charge in [-0.05, 0) is 34.9 Å². The van der Waals surface area contributed by atoms with Gasteiger partial charge in [0, 0.05) is 36.5 Å². The van der Waals surface area contributed by atoms with Crippen molar-refractivity contribution >= 4 is 0 Å². The molecule has 0 saturated heterocycles. The van der Waals surface area contributed by atoms with Crippen LogP contribution in [0.25, 0.3) is 22.5 Å². The van der Waals surface area contributed by atoms with Crippen molar-refractivity contribution in [3.05, 3.63) is 72.3 Å². The molecule has 2 aromatic carbocycles. The molecule has 0 aliphatic carbocycles. The van der Waals surface area contributed by atoms with E-state index in [1.54, 1.807) is 6.33 Å². The SMILES string of the molecule is CCCN(Cc1ccc(-c2ccccc2-c2nn[nH]n2)cc1)[C@H](CO)Cc1cnc[nH]1. The lowest BCUT2D eigenvalue weighted by molar-refractivity contribution is 0.115. The number of aliphatic hydroxyl groups excluding tert-OH is 1. The van der Waals surface area contributed by atoms with Crippen LogP contribution in [-0.4, -0.2) is 59.8 Å². The Balaban J connectivity index is 1.52. The first-order valence-corrected chi connectivity index (χ1v) is 10.5. The Hall–Kier alpha value is -3.36. The van der Waals surface area contributed by atoms with Crippen LogP contribution in [0.3, 0.4) is 0 Å². The predicted octanol–water partition coefficient (Wildman–Crippen LogP) is 3.07. The number of hydrogen-bond acceptors (Lipinski definition) is 6. The Bertz CT molecular complexity index is 1050. The maximum absolute atomic E-state index is 10.0. The van der Waals surface area contributed by atoms with Crippen molar-refractivity contribution in [3.8, 4) is 22.5 Å². The van der Waals surface area contributed by atoms with Crippen LogP contribution in [0.4, 0.5) is 0 Å². The molecule has 0 radical (unpaired) electrons. The molecule has 8 heteroatoms. The maximum Gasteiger partial charge on any atom is 0.205 e. The Labute approximate surface area is 181 Å². The number of H-pyrrole nitrogens is 2. The minimum atomic E-state index is 0.0408. The molecule has 0 amide bonds. The quantitative estimate of drug-likeness (QED) is 0.366. The van der Waals surface area contributed by atoms with E-state index in [1.807, 2.05) is 24.4 Å². The van der Waals surface area contributed by atoms with Crippen molar-refractivity contribution in [1.29, 1.82) is 0 Å². The number of rotatable bonds is 10. The third-order valence-corrected chi connectivity index (χ3v) is 5.41. The van der Waals surface area contributed by atoms with E-state index in [4.69, 9.17) is 0 Å². The number of aromatic nitrogens is 6. The third-order valence-electron chi connectivity index (χ3n) is 5.41. The number of nitrogens with zero attached hydrogens (tertiary/aromatic N) is 5.